The summed E-state index contributed by atoms with van der Waals surface area (Å²) in [6.07, 6.45) is 8.45. The Morgan fingerprint density at radius 3 is 2.62 bits per heavy atom. The maximum Gasteiger partial charge on any atom is 0.303 e. The lowest BCUT2D eigenvalue weighted by atomic mass is 9.46. The molecule has 0 heterocycles. The highest BCUT2D eigenvalue weighted by molar-refractivity contribution is 5.91. The molecule has 8 unspecified atom stereocenters. The smallest absolute Gasteiger partial charge is 0.303 e. The van der Waals surface area contributed by atoms with Crippen LogP contribution in [0.25, 0.3) is 0 Å². The first-order chi connectivity index (χ1) is 13.5. The average molecular weight is 405 g/mol. The second-order valence-corrected chi connectivity index (χ2v) is 10.7. The Labute approximate surface area is 173 Å². The number of hydrogen-bond acceptors (Lipinski definition) is 5. The lowest BCUT2D eigenvalue weighted by Gasteiger charge is -2.58. The minimum absolute atomic E-state index is 0.134. The number of fused-ring (bicyclic) bond motifs is 5. The van der Waals surface area contributed by atoms with Crippen LogP contribution in [0, 0.1) is 34.5 Å². The number of ketones is 1. The number of hydrogen-bond donors (Lipinski definition) is 2. The topological polar surface area (TPSA) is 83.8 Å². The molecular formula is C24H36O5. The van der Waals surface area contributed by atoms with Gasteiger partial charge in [-0.05, 0) is 74.0 Å². The van der Waals surface area contributed by atoms with Gasteiger partial charge in [-0.1, -0.05) is 32.4 Å². The van der Waals surface area contributed by atoms with Gasteiger partial charge in [0.15, 0.2) is 6.61 Å². The molecule has 2 N–H and O–H groups in total. The summed E-state index contributed by atoms with van der Waals surface area (Å²) >= 11 is 0. The van der Waals surface area contributed by atoms with Crippen molar-refractivity contribution in [1.82, 2.24) is 0 Å². The number of allylic oxidation sites excluding steroid dienone is 1. The zero-order chi connectivity index (χ0) is 21.2. The first kappa shape index (κ1) is 21.0. The Balaban J connectivity index is 1.64. The Kier molecular flexibility index (Phi) is 5.02. The van der Waals surface area contributed by atoms with Crippen LogP contribution in [0.1, 0.15) is 72.6 Å². The van der Waals surface area contributed by atoms with E-state index in [1.807, 2.05) is 6.92 Å². The predicted octanol–water partition coefficient (Wildman–Crippen LogP) is 3.42. The monoisotopic (exact) mass is 404 g/mol. The van der Waals surface area contributed by atoms with Crippen LogP contribution in [-0.2, 0) is 14.3 Å². The molecule has 3 fully saturated rings. The third-order valence-electron chi connectivity index (χ3n) is 9.49. The van der Waals surface area contributed by atoms with Crippen LogP contribution in [0.15, 0.2) is 11.6 Å². The summed E-state index contributed by atoms with van der Waals surface area (Å²) in [5.74, 6) is 0.301. The normalized spacial score (nSPS) is 48.8. The zero-order valence-corrected chi connectivity index (χ0v) is 18.2. The molecule has 0 saturated heterocycles. The van der Waals surface area contributed by atoms with Crippen molar-refractivity contribution in [3.8, 4) is 0 Å². The van der Waals surface area contributed by atoms with Gasteiger partial charge in [-0.3, -0.25) is 9.59 Å². The number of rotatable bonds is 3. The van der Waals surface area contributed by atoms with Gasteiger partial charge in [0.2, 0.25) is 5.78 Å². The Morgan fingerprint density at radius 2 is 1.93 bits per heavy atom. The average Bonchev–Trinajstić information content (AvgIpc) is 2.88. The maximum atomic E-state index is 13.1. The molecule has 29 heavy (non-hydrogen) atoms. The number of carbonyl (C=O) groups is 2. The van der Waals surface area contributed by atoms with E-state index in [1.54, 1.807) is 0 Å². The third kappa shape index (κ3) is 2.87. The van der Waals surface area contributed by atoms with E-state index in [9.17, 15) is 19.8 Å². The molecule has 0 radical (unpaired) electrons. The summed E-state index contributed by atoms with van der Waals surface area (Å²) in [5, 5.41) is 21.9. The molecule has 0 aromatic rings. The first-order valence-corrected chi connectivity index (χ1v) is 11.3. The molecule has 8 atom stereocenters. The molecule has 162 valence electrons. The van der Waals surface area contributed by atoms with Gasteiger partial charge in [-0.25, -0.2) is 0 Å². The van der Waals surface area contributed by atoms with Crippen molar-refractivity contribution in [1.29, 1.82) is 0 Å². The third-order valence-corrected chi connectivity index (χ3v) is 9.49. The van der Waals surface area contributed by atoms with Crippen molar-refractivity contribution in [2.45, 2.75) is 84.3 Å². The van der Waals surface area contributed by atoms with Crippen molar-refractivity contribution >= 4 is 11.8 Å². The molecule has 0 bridgehead atoms. The minimum Gasteiger partial charge on any atom is -0.458 e. The zero-order valence-electron chi connectivity index (χ0n) is 18.2. The fourth-order valence-electron chi connectivity index (χ4n) is 7.85. The lowest BCUT2D eigenvalue weighted by Crippen LogP contribution is -2.59. The van der Waals surface area contributed by atoms with Crippen molar-refractivity contribution in [2.75, 3.05) is 6.61 Å². The molecule has 0 spiro atoms. The fourth-order valence-corrected chi connectivity index (χ4v) is 7.85. The van der Waals surface area contributed by atoms with Crippen molar-refractivity contribution < 1.29 is 24.5 Å². The maximum absolute atomic E-state index is 13.1. The lowest BCUT2D eigenvalue weighted by molar-refractivity contribution is -0.173. The first-order valence-electron chi connectivity index (χ1n) is 11.3. The Bertz CT molecular complexity index is 744. The van der Waals surface area contributed by atoms with Crippen LogP contribution < -0.4 is 0 Å². The largest absolute Gasteiger partial charge is 0.458 e. The fraction of sp³-hybridized carbons (Fsp3) is 0.833. The summed E-state index contributed by atoms with van der Waals surface area (Å²) in [4.78, 5) is 24.3. The number of esters is 1. The van der Waals surface area contributed by atoms with Crippen LogP contribution in [0.5, 0.6) is 0 Å². The van der Waals surface area contributed by atoms with E-state index in [0.717, 1.165) is 44.9 Å². The van der Waals surface area contributed by atoms with Crippen LogP contribution >= 0.6 is 0 Å². The van der Waals surface area contributed by atoms with E-state index >= 15 is 0 Å². The van der Waals surface area contributed by atoms with E-state index in [2.05, 4.69) is 19.9 Å². The summed E-state index contributed by atoms with van der Waals surface area (Å²) in [6, 6.07) is 0. The molecular weight excluding hydrogens is 368 g/mol. The standard InChI is InChI=1S/C24H36O5/c1-14-11-20-18-6-5-16-12-17(26)7-9-22(16,3)19(18)8-10-23(20,4)24(14,28)21(27)13-29-15(2)25/h5,14,17-20,26,28H,6-13H2,1-4H3. The Morgan fingerprint density at radius 1 is 1.21 bits per heavy atom. The molecule has 0 amide bonds. The van der Waals surface area contributed by atoms with Gasteiger partial charge in [0.1, 0.15) is 5.60 Å². The van der Waals surface area contributed by atoms with Crippen molar-refractivity contribution in [3.05, 3.63) is 11.6 Å². The number of aliphatic hydroxyl groups excluding tert-OH is 1. The van der Waals surface area contributed by atoms with E-state index in [-0.39, 0.29) is 35.7 Å². The molecule has 0 aromatic carbocycles. The van der Waals surface area contributed by atoms with Gasteiger partial charge in [0.05, 0.1) is 6.10 Å². The van der Waals surface area contributed by atoms with Crippen LogP contribution in [0.3, 0.4) is 0 Å². The second-order valence-electron chi connectivity index (χ2n) is 10.7. The van der Waals surface area contributed by atoms with E-state index < -0.39 is 17.0 Å². The number of aliphatic hydroxyl groups is 2. The molecule has 4 aliphatic rings. The van der Waals surface area contributed by atoms with E-state index in [0.29, 0.717) is 11.8 Å². The molecule has 5 nitrogen and oxygen atoms in total. The summed E-state index contributed by atoms with van der Waals surface area (Å²) < 4.78 is 4.98. The SMILES string of the molecule is CC(=O)OCC(=O)C1(O)C(C)CC2C3CC=C4CC(O)CCC4(C)C3CCC21C. The quantitative estimate of drug-likeness (QED) is 0.556. The van der Waals surface area contributed by atoms with Gasteiger partial charge in [-0.2, -0.15) is 0 Å². The number of carbonyl (C=O) groups excluding carboxylic acids is 2. The van der Waals surface area contributed by atoms with Gasteiger partial charge in [-0.15, -0.1) is 0 Å². The summed E-state index contributed by atoms with van der Waals surface area (Å²) in [7, 11) is 0. The summed E-state index contributed by atoms with van der Waals surface area (Å²) in [5.41, 5.74) is -0.366. The van der Waals surface area contributed by atoms with Crippen LogP contribution in [-0.4, -0.2) is 40.3 Å². The van der Waals surface area contributed by atoms with E-state index in [1.165, 1.54) is 12.5 Å². The van der Waals surface area contributed by atoms with Gasteiger partial charge in [0, 0.05) is 12.3 Å². The predicted molar refractivity (Wildman–Crippen MR) is 109 cm³/mol. The highest BCUT2D eigenvalue weighted by Gasteiger charge is 2.68. The molecule has 3 saturated carbocycles. The number of Topliss-reactive ketones (excluding diaryl/α,β-unsaturated/α-hetero) is 1. The summed E-state index contributed by atoms with van der Waals surface area (Å²) in [6.45, 7) is 7.40. The molecule has 0 aliphatic heterocycles. The van der Waals surface area contributed by atoms with Gasteiger partial charge >= 0.3 is 5.97 Å². The van der Waals surface area contributed by atoms with Crippen molar-refractivity contribution in [2.24, 2.45) is 34.5 Å². The highest BCUT2D eigenvalue weighted by Crippen LogP contribution is 2.68. The molecule has 4 aliphatic carbocycles. The minimum atomic E-state index is -1.44. The van der Waals surface area contributed by atoms with Crippen LogP contribution in [0.2, 0.25) is 0 Å². The van der Waals surface area contributed by atoms with Gasteiger partial charge in [0.25, 0.3) is 0 Å². The second kappa shape index (κ2) is 6.91. The Hall–Kier alpha value is -1.20. The van der Waals surface area contributed by atoms with E-state index in [4.69, 9.17) is 4.74 Å². The molecule has 0 aromatic heterocycles. The van der Waals surface area contributed by atoms with Crippen molar-refractivity contribution in [3.63, 3.8) is 0 Å². The molecule has 5 heteroatoms. The number of ether oxygens (including phenoxy) is 1. The highest BCUT2D eigenvalue weighted by atomic mass is 16.5. The van der Waals surface area contributed by atoms with Crippen LogP contribution in [0.4, 0.5) is 0 Å². The molecule has 4 rings (SSSR count). The van der Waals surface area contributed by atoms with Gasteiger partial charge < -0.3 is 14.9 Å².